The van der Waals surface area contributed by atoms with E-state index in [2.05, 4.69) is 15.6 Å². The largest absolute Gasteiger partial charge is 0.336 e. The number of thioether (sulfide) groups is 1. The van der Waals surface area contributed by atoms with Crippen molar-refractivity contribution < 1.29 is 9.59 Å². The van der Waals surface area contributed by atoms with Crippen LogP contribution in [0.2, 0.25) is 0 Å². The first-order chi connectivity index (χ1) is 13.3. The fourth-order valence-electron chi connectivity index (χ4n) is 2.59. The Kier molecular flexibility index (Phi) is 8.01. The molecule has 2 aromatic rings. The first-order valence-corrected chi connectivity index (χ1v) is 10.1. The zero-order valence-corrected chi connectivity index (χ0v) is 17.5. The number of urea groups is 1. The maximum Gasteiger partial charge on any atom is 0.321 e. The summed E-state index contributed by atoms with van der Waals surface area (Å²) in [5.74, 6) is -0.449. The van der Waals surface area contributed by atoms with Crippen LogP contribution in [-0.4, -0.2) is 58.8 Å². The van der Waals surface area contributed by atoms with Gasteiger partial charge in [0.25, 0.3) is 5.56 Å². The molecule has 1 heterocycles. The molecule has 28 heavy (non-hydrogen) atoms. The number of aromatic nitrogens is 2. The van der Waals surface area contributed by atoms with Gasteiger partial charge in [-0.2, -0.15) is 0 Å². The third-order valence-electron chi connectivity index (χ3n) is 3.82. The molecule has 152 valence electrons. The lowest BCUT2D eigenvalue weighted by atomic mass is 10.2. The van der Waals surface area contributed by atoms with Gasteiger partial charge in [0.1, 0.15) is 0 Å². The lowest BCUT2D eigenvalue weighted by Gasteiger charge is -2.15. The summed E-state index contributed by atoms with van der Waals surface area (Å²) in [4.78, 5) is 43.2. The van der Waals surface area contributed by atoms with Gasteiger partial charge in [-0.25, -0.2) is 9.78 Å². The highest BCUT2D eigenvalue weighted by atomic mass is 32.2. The maximum absolute atomic E-state index is 12.9. The van der Waals surface area contributed by atoms with Crippen LogP contribution in [0, 0.1) is 0 Å². The molecule has 2 rings (SSSR count). The van der Waals surface area contributed by atoms with Crippen LogP contribution in [0.1, 0.15) is 20.3 Å². The zero-order chi connectivity index (χ0) is 20.7. The topological polar surface area (TPSA) is 96.3 Å². The van der Waals surface area contributed by atoms with Gasteiger partial charge in [0.05, 0.1) is 16.7 Å². The van der Waals surface area contributed by atoms with Crippen molar-refractivity contribution in [3.63, 3.8) is 0 Å². The molecule has 0 aliphatic carbocycles. The molecule has 9 heteroatoms. The van der Waals surface area contributed by atoms with Crippen LogP contribution in [0.5, 0.6) is 0 Å². The minimum absolute atomic E-state index is 0.00994. The van der Waals surface area contributed by atoms with Crippen LogP contribution >= 0.6 is 11.8 Å². The van der Waals surface area contributed by atoms with E-state index in [9.17, 15) is 14.4 Å². The maximum atomic E-state index is 12.9. The monoisotopic (exact) mass is 405 g/mol. The van der Waals surface area contributed by atoms with Crippen molar-refractivity contribution in [1.29, 1.82) is 0 Å². The van der Waals surface area contributed by atoms with Gasteiger partial charge >= 0.3 is 6.03 Å². The molecule has 3 amide bonds. The third kappa shape index (κ3) is 6.35. The van der Waals surface area contributed by atoms with Crippen LogP contribution in [0.4, 0.5) is 4.79 Å². The number of nitrogens with one attached hydrogen (secondary N) is 2. The smallest absolute Gasteiger partial charge is 0.321 e. The van der Waals surface area contributed by atoms with Crippen LogP contribution in [0.15, 0.2) is 34.2 Å². The molecule has 0 aliphatic rings. The molecule has 2 N–H and O–H groups in total. The minimum atomic E-state index is -0.532. The van der Waals surface area contributed by atoms with E-state index in [-0.39, 0.29) is 17.4 Å². The molecule has 0 aliphatic heterocycles. The fraction of sp³-hybridized carbons (Fsp3) is 0.474. The number of carbonyl (C=O) groups is 2. The van der Waals surface area contributed by atoms with Gasteiger partial charge in [-0.05, 0) is 53.0 Å². The van der Waals surface area contributed by atoms with E-state index in [4.69, 9.17) is 0 Å². The molecule has 0 radical (unpaired) electrons. The van der Waals surface area contributed by atoms with Gasteiger partial charge in [0.15, 0.2) is 5.16 Å². The van der Waals surface area contributed by atoms with Crippen molar-refractivity contribution in [3.05, 3.63) is 34.6 Å². The first-order valence-electron chi connectivity index (χ1n) is 9.15. The summed E-state index contributed by atoms with van der Waals surface area (Å²) < 4.78 is 1.61. The summed E-state index contributed by atoms with van der Waals surface area (Å²) in [7, 11) is 3.95. The van der Waals surface area contributed by atoms with Crippen molar-refractivity contribution >= 4 is 34.6 Å². The SMILES string of the molecule is CC(C)NC(=O)NC(=O)CSc1nc2ccccc2c(=O)n1CCCN(C)C. The average Bonchev–Trinajstić information content (AvgIpc) is 2.61. The Labute approximate surface area is 168 Å². The summed E-state index contributed by atoms with van der Waals surface area (Å²) in [5.41, 5.74) is 0.474. The normalized spacial score (nSPS) is 11.2. The van der Waals surface area contributed by atoms with Crippen LogP contribution < -0.4 is 16.2 Å². The minimum Gasteiger partial charge on any atom is -0.336 e. The quantitative estimate of drug-likeness (QED) is 0.512. The summed E-state index contributed by atoms with van der Waals surface area (Å²) in [6.45, 7) is 4.96. The predicted octanol–water partition coefficient (Wildman–Crippen LogP) is 1.67. The molecule has 1 aromatic heterocycles. The lowest BCUT2D eigenvalue weighted by molar-refractivity contribution is -0.117. The van der Waals surface area contributed by atoms with E-state index in [0.717, 1.165) is 24.7 Å². The Bertz CT molecular complexity index is 895. The number of rotatable bonds is 8. The van der Waals surface area contributed by atoms with E-state index in [0.29, 0.717) is 22.6 Å². The van der Waals surface area contributed by atoms with Crippen LogP contribution in [-0.2, 0) is 11.3 Å². The van der Waals surface area contributed by atoms with Gasteiger partial charge < -0.3 is 10.2 Å². The summed E-state index contributed by atoms with van der Waals surface area (Å²) >= 11 is 1.15. The molecule has 8 nitrogen and oxygen atoms in total. The van der Waals surface area contributed by atoms with Gasteiger partial charge in [-0.15, -0.1) is 0 Å². The van der Waals surface area contributed by atoms with Crippen molar-refractivity contribution in [1.82, 2.24) is 25.1 Å². The van der Waals surface area contributed by atoms with Crippen molar-refractivity contribution in [2.45, 2.75) is 38.0 Å². The second kappa shape index (κ2) is 10.2. The van der Waals surface area contributed by atoms with E-state index in [1.807, 2.05) is 45.0 Å². The number of hydrogen-bond acceptors (Lipinski definition) is 6. The predicted molar refractivity (Wildman–Crippen MR) is 112 cm³/mol. The van der Waals surface area contributed by atoms with E-state index in [1.165, 1.54) is 0 Å². The number of hydrogen-bond donors (Lipinski definition) is 2. The number of nitrogens with zero attached hydrogens (tertiary/aromatic N) is 3. The molecule has 0 bridgehead atoms. The van der Waals surface area contributed by atoms with Crippen molar-refractivity contribution in [2.75, 3.05) is 26.4 Å². The molecular formula is C19H27N5O3S. The Morgan fingerprint density at radius 1 is 1.25 bits per heavy atom. The highest BCUT2D eigenvalue weighted by molar-refractivity contribution is 7.99. The van der Waals surface area contributed by atoms with E-state index in [1.54, 1.807) is 16.7 Å². The molecule has 0 atom stereocenters. The molecule has 0 unspecified atom stereocenters. The highest BCUT2D eigenvalue weighted by Crippen LogP contribution is 2.18. The molecule has 0 saturated carbocycles. The number of fused-ring (bicyclic) bond motifs is 1. The number of carbonyl (C=O) groups excluding carboxylic acids is 2. The van der Waals surface area contributed by atoms with E-state index < -0.39 is 11.9 Å². The molecule has 0 spiro atoms. The Hall–Kier alpha value is -2.39. The molecule has 0 fully saturated rings. The number of benzene rings is 1. The summed E-state index contributed by atoms with van der Waals surface area (Å²) in [6.07, 6.45) is 0.781. The van der Waals surface area contributed by atoms with Gasteiger partial charge in [0, 0.05) is 12.6 Å². The first kappa shape index (κ1) is 21.9. The number of para-hydroxylation sites is 1. The van der Waals surface area contributed by atoms with Crippen molar-refractivity contribution in [2.24, 2.45) is 0 Å². The standard InChI is InChI=1S/C19H27N5O3S/c1-13(2)20-18(27)22-16(25)12-28-19-21-15-9-6-5-8-14(15)17(26)24(19)11-7-10-23(3)4/h5-6,8-9,13H,7,10-12H2,1-4H3,(H2,20,22,25,27). The average molecular weight is 406 g/mol. The van der Waals surface area contributed by atoms with Gasteiger partial charge in [-0.1, -0.05) is 23.9 Å². The zero-order valence-electron chi connectivity index (χ0n) is 16.7. The Balaban J connectivity index is 2.18. The highest BCUT2D eigenvalue weighted by Gasteiger charge is 2.14. The lowest BCUT2D eigenvalue weighted by Crippen LogP contribution is -2.43. The van der Waals surface area contributed by atoms with Crippen molar-refractivity contribution in [3.8, 4) is 0 Å². The second-order valence-corrected chi connectivity index (χ2v) is 7.93. The number of amides is 3. The van der Waals surface area contributed by atoms with E-state index >= 15 is 0 Å². The fourth-order valence-corrected chi connectivity index (χ4v) is 3.42. The molecule has 0 saturated heterocycles. The van der Waals surface area contributed by atoms with Gasteiger partial charge in [-0.3, -0.25) is 19.5 Å². The van der Waals surface area contributed by atoms with Crippen LogP contribution in [0.3, 0.4) is 0 Å². The number of imide groups is 1. The third-order valence-corrected chi connectivity index (χ3v) is 4.80. The Morgan fingerprint density at radius 3 is 2.64 bits per heavy atom. The molecule has 1 aromatic carbocycles. The van der Waals surface area contributed by atoms with Crippen LogP contribution in [0.25, 0.3) is 10.9 Å². The second-order valence-electron chi connectivity index (χ2n) is 6.99. The summed E-state index contributed by atoms with van der Waals surface area (Å²) in [5, 5.41) is 5.91. The van der Waals surface area contributed by atoms with Gasteiger partial charge in [0.2, 0.25) is 5.91 Å². The molecular weight excluding hydrogens is 378 g/mol. The Morgan fingerprint density at radius 2 is 1.96 bits per heavy atom. The summed E-state index contributed by atoms with van der Waals surface area (Å²) in [6, 6.07) is 6.57.